The molecule has 1 unspecified atom stereocenters. The molecule has 0 bridgehead atoms. The van der Waals surface area contributed by atoms with Crippen molar-refractivity contribution >= 4 is 36.0 Å². The minimum atomic E-state index is -0.572. The molecule has 0 aliphatic rings. The quantitative estimate of drug-likeness (QED) is 0.274. The van der Waals surface area contributed by atoms with Crippen LogP contribution in [0.15, 0.2) is 35.6 Å². The molecule has 0 aliphatic carbocycles. The third-order valence-corrected chi connectivity index (χ3v) is 4.61. The van der Waals surface area contributed by atoms with Gasteiger partial charge in [-0.2, -0.15) is 5.10 Å². The molecule has 178 valence electrons. The van der Waals surface area contributed by atoms with Gasteiger partial charge in [0, 0.05) is 20.6 Å². The first-order chi connectivity index (χ1) is 14.6. The van der Waals surface area contributed by atoms with Gasteiger partial charge in [-0.1, -0.05) is 38.1 Å². The van der Waals surface area contributed by atoms with E-state index in [0.717, 1.165) is 11.4 Å². The molecule has 1 atom stereocenters. The Morgan fingerprint density at radius 3 is 2.28 bits per heavy atom. The molecule has 3 N–H and O–H groups in total. The van der Waals surface area contributed by atoms with Crippen LogP contribution < -0.4 is 16.0 Å². The molecule has 0 radical (unpaired) electrons. The molecule has 32 heavy (non-hydrogen) atoms. The van der Waals surface area contributed by atoms with E-state index in [-0.39, 0.29) is 30.0 Å². The van der Waals surface area contributed by atoms with Crippen LogP contribution in [0.4, 0.5) is 4.79 Å². The maximum atomic E-state index is 12.4. The highest BCUT2D eigenvalue weighted by Gasteiger charge is 2.21. The van der Waals surface area contributed by atoms with Crippen LogP contribution in [-0.4, -0.2) is 46.0 Å². The Kier molecular flexibility index (Phi) is 10.9. The summed E-state index contributed by atoms with van der Waals surface area (Å²) in [4.78, 5) is 20.9. The van der Waals surface area contributed by atoms with E-state index in [4.69, 9.17) is 4.74 Å². The molecule has 0 aliphatic heterocycles. The Morgan fingerprint density at radius 1 is 1.16 bits per heavy atom. The van der Waals surface area contributed by atoms with E-state index in [9.17, 15) is 4.79 Å². The van der Waals surface area contributed by atoms with Gasteiger partial charge in [-0.15, -0.1) is 24.0 Å². The monoisotopic (exact) mass is 557 g/mol. The fourth-order valence-corrected chi connectivity index (χ4v) is 2.88. The Labute approximate surface area is 207 Å². The van der Waals surface area contributed by atoms with E-state index >= 15 is 0 Å². The standard InChI is InChI=1S/C22H35N7O2.HI/c1-15(2)16-8-10-17(11-9-16)18(28-21(30)31-22(3,4)5)12-24-20(23-6)25-13-19-26-14-27-29(19)7;/h8-11,14-15,18H,12-13H2,1-7H3,(H,28,30)(H2,23,24,25);1H. The fourth-order valence-electron chi connectivity index (χ4n) is 2.88. The maximum Gasteiger partial charge on any atom is 0.408 e. The lowest BCUT2D eigenvalue weighted by Crippen LogP contribution is -2.44. The number of hydrogen-bond donors (Lipinski definition) is 3. The van der Waals surface area contributed by atoms with Gasteiger partial charge < -0.3 is 20.7 Å². The van der Waals surface area contributed by atoms with Gasteiger partial charge in [0.05, 0.1) is 12.6 Å². The first kappa shape index (κ1) is 27.7. The van der Waals surface area contributed by atoms with Crippen molar-refractivity contribution in [2.45, 2.75) is 58.7 Å². The molecular formula is C22H36IN7O2. The number of benzene rings is 1. The molecular weight excluding hydrogens is 521 g/mol. The van der Waals surface area contributed by atoms with Gasteiger partial charge in [0.25, 0.3) is 0 Å². The second kappa shape index (κ2) is 12.6. The highest BCUT2D eigenvalue weighted by molar-refractivity contribution is 14.0. The van der Waals surface area contributed by atoms with E-state index in [0.29, 0.717) is 25.0 Å². The van der Waals surface area contributed by atoms with E-state index in [1.54, 1.807) is 11.7 Å². The number of guanidine groups is 1. The molecule has 10 heteroatoms. The van der Waals surface area contributed by atoms with Gasteiger partial charge in [0.2, 0.25) is 0 Å². The number of nitrogens with zero attached hydrogens (tertiary/aromatic N) is 4. The van der Waals surface area contributed by atoms with Crippen LogP contribution in [0.25, 0.3) is 0 Å². The van der Waals surface area contributed by atoms with Crippen molar-refractivity contribution in [2.75, 3.05) is 13.6 Å². The summed E-state index contributed by atoms with van der Waals surface area (Å²) in [6.07, 6.45) is 1.05. The highest BCUT2D eigenvalue weighted by Crippen LogP contribution is 2.19. The number of amides is 1. The van der Waals surface area contributed by atoms with Crippen molar-refractivity contribution in [3.8, 4) is 0 Å². The van der Waals surface area contributed by atoms with Gasteiger partial charge >= 0.3 is 6.09 Å². The molecule has 1 aromatic heterocycles. The molecule has 9 nitrogen and oxygen atoms in total. The largest absolute Gasteiger partial charge is 0.444 e. The summed E-state index contributed by atoms with van der Waals surface area (Å²) < 4.78 is 7.15. The first-order valence-corrected chi connectivity index (χ1v) is 10.5. The average molecular weight is 557 g/mol. The van der Waals surface area contributed by atoms with Crippen molar-refractivity contribution in [2.24, 2.45) is 12.0 Å². The molecule has 2 aromatic rings. The Hall–Kier alpha value is -2.37. The lowest BCUT2D eigenvalue weighted by Gasteiger charge is -2.25. The zero-order chi connectivity index (χ0) is 23.0. The number of carbonyl (C=O) groups excluding carboxylic acids is 1. The number of rotatable bonds is 7. The molecule has 0 saturated carbocycles. The average Bonchev–Trinajstić information content (AvgIpc) is 3.10. The first-order valence-electron chi connectivity index (χ1n) is 10.5. The second-order valence-corrected chi connectivity index (χ2v) is 8.63. The molecule has 2 rings (SSSR count). The normalized spacial score (nSPS) is 12.7. The minimum absolute atomic E-state index is 0. The number of ether oxygens (including phenoxy) is 1. The number of aryl methyl sites for hydroxylation is 1. The predicted octanol–water partition coefficient (Wildman–Crippen LogP) is 3.49. The van der Waals surface area contributed by atoms with E-state index < -0.39 is 11.7 Å². The van der Waals surface area contributed by atoms with Crippen LogP contribution in [0.2, 0.25) is 0 Å². The Morgan fingerprint density at radius 2 is 1.78 bits per heavy atom. The molecule has 0 saturated heterocycles. The number of carbonyl (C=O) groups is 1. The molecule has 1 amide bonds. The van der Waals surface area contributed by atoms with Gasteiger partial charge in [0.1, 0.15) is 17.8 Å². The van der Waals surface area contributed by atoms with Crippen LogP contribution in [0.1, 0.15) is 63.5 Å². The summed E-state index contributed by atoms with van der Waals surface area (Å²) in [6, 6.07) is 7.95. The maximum absolute atomic E-state index is 12.4. The number of alkyl carbamates (subject to hydrolysis) is 1. The second-order valence-electron chi connectivity index (χ2n) is 8.63. The third-order valence-electron chi connectivity index (χ3n) is 4.61. The van der Waals surface area contributed by atoms with Crippen molar-refractivity contribution in [1.82, 2.24) is 30.7 Å². The lowest BCUT2D eigenvalue weighted by molar-refractivity contribution is 0.0504. The van der Waals surface area contributed by atoms with E-state index in [1.807, 2.05) is 40.0 Å². The van der Waals surface area contributed by atoms with Gasteiger partial charge in [-0.25, -0.2) is 9.78 Å². The summed E-state index contributed by atoms with van der Waals surface area (Å²) in [7, 11) is 3.53. The van der Waals surface area contributed by atoms with Crippen LogP contribution >= 0.6 is 24.0 Å². The van der Waals surface area contributed by atoms with E-state index in [1.165, 1.54) is 11.9 Å². The highest BCUT2D eigenvalue weighted by atomic mass is 127. The molecule has 1 heterocycles. The van der Waals surface area contributed by atoms with Crippen LogP contribution in [-0.2, 0) is 18.3 Å². The van der Waals surface area contributed by atoms with Crippen molar-refractivity contribution < 1.29 is 9.53 Å². The number of aliphatic imine (C=N–C) groups is 1. The number of hydrogen-bond acceptors (Lipinski definition) is 5. The van der Waals surface area contributed by atoms with Crippen LogP contribution in [0.3, 0.4) is 0 Å². The molecule has 0 fully saturated rings. The van der Waals surface area contributed by atoms with E-state index in [2.05, 4.69) is 57.0 Å². The Balaban J connectivity index is 0.00000512. The number of nitrogens with one attached hydrogen (secondary N) is 3. The van der Waals surface area contributed by atoms with Crippen LogP contribution in [0.5, 0.6) is 0 Å². The number of halogens is 1. The summed E-state index contributed by atoms with van der Waals surface area (Å²) in [6.45, 7) is 10.7. The lowest BCUT2D eigenvalue weighted by atomic mass is 9.99. The SMILES string of the molecule is CN=C(NCc1ncnn1C)NCC(NC(=O)OC(C)(C)C)c1ccc(C(C)C)cc1.I. The summed E-state index contributed by atoms with van der Waals surface area (Å²) >= 11 is 0. The van der Waals surface area contributed by atoms with Gasteiger partial charge in [-0.05, 0) is 37.8 Å². The van der Waals surface area contributed by atoms with Crippen molar-refractivity contribution in [1.29, 1.82) is 0 Å². The predicted molar refractivity (Wildman–Crippen MR) is 137 cm³/mol. The number of aromatic nitrogens is 3. The fraction of sp³-hybridized carbons (Fsp3) is 0.545. The van der Waals surface area contributed by atoms with Crippen LogP contribution in [0, 0.1) is 0 Å². The summed E-state index contributed by atoms with van der Waals surface area (Å²) in [5.41, 5.74) is 1.65. The Bertz CT molecular complexity index is 873. The summed E-state index contributed by atoms with van der Waals surface area (Å²) in [5.74, 6) is 1.82. The smallest absolute Gasteiger partial charge is 0.408 e. The third kappa shape index (κ3) is 9.01. The van der Waals surface area contributed by atoms with Crippen molar-refractivity contribution in [3.05, 3.63) is 47.5 Å². The minimum Gasteiger partial charge on any atom is -0.444 e. The topological polar surface area (TPSA) is 105 Å². The summed E-state index contributed by atoms with van der Waals surface area (Å²) in [5, 5.41) is 13.5. The molecule has 1 aromatic carbocycles. The zero-order valence-electron chi connectivity index (χ0n) is 20.0. The van der Waals surface area contributed by atoms with Gasteiger partial charge in [-0.3, -0.25) is 9.67 Å². The molecule has 0 spiro atoms. The zero-order valence-corrected chi connectivity index (χ0v) is 22.3. The van der Waals surface area contributed by atoms with Crippen molar-refractivity contribution in [3.63, 3.8) is 0 Å². The van der Waals surface area contributed by atoms with Gasteiger partial charge in [0.15, 0.2) is 5.96 Å².